The molecule has 166 valence electrons. The zero-order valence-corrected chi connectivity index (χ0v) is 20.3. The molecule has 0 aliphatic heterocycles. The predicted molar refractivity (Wildman–Crippen MR) is 132 cm³/mol. The third-order valence-electron chi connectivity index (χ3n) is 4.91. The van der Waals surface area contributed by atoms with Gasteiger partial charge in [-0.3, -0.25) is 4.79 Å². The van der Waals surface area contributed by atoms with Gasteiger partial charge in [0, 0.05) is 15.6 Å². The van der Waals surface area contributed by atoms with E-state index in [1.54, 1.807) is 13.3 Å². The van der Waals surface area contributed by atoms with Gasteiger partial charge in [-0.2, -0.15) is 5.10 Å². The molecule has 0 aromatic heterocycles. The number of carbonyl (C=O) groups excluding carboxylic acids is 1. The summed E-state index contributed by atoms with van der Waals surface area (Å²) >= 11 is 3.43. The van der Waals surface area contributed by atoms with Gasteiger partial charge in [0.1, 0.15) is 6.61 Å². The number of carbonyl (C=O) groups is 1. The van der Waals surface area contributed by atoms with Crippen LogP contribution in [0, 0.1) is 0 Å². The molecule has 0 aliphatic rings. The fourth-order valence-electron chi connectivity index (χ4n) is 3.03. The fourth-order valence-corrected chi connectivity index (χ4v) is 3.30. The summed E-state index contributed by atoms with van der Waals surface area (Å²) in [6.07, 6.45) is 1.56. The third kappa shape index (κ3) is 6.20. The summed E-state index contributed by atoms with van der Waals surface area (Å²) in [7, 11) is 1.59. The van der Waals surface area contributed by atoms with E-state index in [9.17, 15) is 4.79 Å². The van der Waals surface area contributed by atoms with E-state index in [0.717, 1.165) is 10.0 Å². The van der Waals surface area contributed by atoms with E-state index in [2.05, 4.69) is 47.2 Å². The second kappa shape index (κ2) is 10.5. The van der Waals surface area contributed by atoms with Crippen molar-refractivity contribution in [3.63, 3.8) is 0 Å². The van der Waals surface area contributed by atoms with Gasteiger partial charge in [-0.1, -0.05) is 67.0 Å². The summed E-state index contributed by atoms with van der Waals surface area (Å²) in [6, 6.07) is 21.0. The maximum absolute atomic E-state index is 12.5. The smallest absolute Gasteiger partial charge is 0.271 e. The van der Waals surface area contributed by atoms with Gasteiger partial charge in [0.2, 0.25) is 0 Å². The van der Waals surface area contributed by atoms with Crippen LogP contribution in [0.1, 0.15) is 47.8 Å². The van der Waals surface area contributed by atoms with Crippen LogP contribution in [0.2, 0.25) is 0 Å². The van der Waals surface area contributed by atoms with Crippen molar-refractivity contribution < 1.29 is 14.3 Å². The molecule has 5 nitrogen and oxygen atoms in total. The zero-order valence-electron chi connectivity index (χ0n) is 18.7. The van der Waals surface area contributed by atoms with E-state index in [1.807, 2.05) is 66.7 Å². The van der Waals surface area contributed by atoms with Crippen LogP contribution in [0.5, 0.6) is 11.5 Å². The maximum Gasteiger partial charge on any atom is 0.271 e. The van der Waals surface area contributed by atoms with Crippen molar-refractivity contribution in [1.82, 2.24) is 5.43 Å². The number of methoxy groups -OCH3 is 1. The molecule has 0 radical (unpaired) electrons. The molecule has 1 N–H and O–H groups in total. The van der Waals surface area contributed by atoms with E-state index in [1.165, 1.54) is 5.56 Å². The molecule has 0 spiro atoms. The number of nitrogens with zero attached hydrogens (tertiary/aromatic N) is 1. The van der Waals surface area contributed by atoms with Gasteiger partial charge in [-0.15, -0.1) is 0 Å². The van der Waals surface area contributed by atoms with Crippen molar-refractivity contribution in [2.45, 2.75) is 32.8 Å². The van der Waals surface area contributed by atoms with E-state index in [4.69, 9.17) is 9.47 Å². The molecule has 0 bridgehead atoms. The molecule has 0 saturated heterocycles. The Labute approximate surface area is 197 Å². The number of nitrogens with one attached hydrogen (secondary N) is 1. The largest absolute Gasteiger partial charge is 0.493 e. The number of hydrogen-bond acceptors (Lipinski definition) is 4. The maximum atomic E-state index is 12.5. The molecule has 3 aromatic rings. The normalized spacial score (nSPS) is 11.4. The van der Waals surface area contributed by atoms with Gasteiger partial charge in [-0.05, 0) is 52.9 Å². The highest BCUT2D eigenvalue weighted by Gasteiger charge is 2.14. The number of hydrazone groups is 1. The van der Waals surface area contributed by atoms with Gasteiger partial charge in [-0.25, -0.2) is 5.43 Å². The Morgan fingerprint density at radius 3 is 2.34 bits per heavy atom. The molecule has 0 heterocycles. The number of benzene rings is 3. The SMILES string of the molecule is COc1cccc(C=NNC(=O)c2ccc(C(C)(C)C)cc2)c1OCc1ccc(Br)cc1. The Bertz CT molecular complexity index is 1090. The highest BCUT2D eigenvalue weighted by molar-refractivity contribution is 9.10. The molecule has 0 unspecified atom stereocenters. The number of ether oxygens (including phenoxy) is 2. The molecule has 1 amide bonds. The molecule has 0 aliphatic carbocycles. The van der Waals surface area contributed by atoms with E-state index in [-0.39, 0.29) is 11.3 Å². The Hall–Kier alpha value is -3.12. The molecule has 3 rings (SSSR count). The number of amides is 1. The fraction of sp³-hybridized carbons (Fsp3) is 0.231. The van der Waals surface area contributed by atoms with Crippen LogP contribution in [-0.4, -0.2) is 19.2 Å². The van der Waals surface area contributed by atoms with Crippen LogP contribution in [0.4, 0.5) is 0 Å². The summed E-state index contributed by atoms with van der Waals surface area (Å²) in [5.41, 5.74) is 6.05. The first-order valence-electron chi connectivity index (χ1n) is 10.3. The summed E-state index contributed by atoms with van der Waals surface area (Å²) in [4.78, 5) is 12.5. The van der Waals surface area contributed by atoms with Crippen molar-refractivity contribution >= 4 is 28.1 Å². The highest BCUT2D eigenvalue weighted by Crippen LogP contribution is 2.31. The molecular weight excluding hydrogens is 468 g/mol. The van der Waals surface area contributed by atoms with E-state index in [0.29, 0.717) is 29.2 Å². The van der Waals surface area contributed by atoms with Crippen LogP contribution in [0.15, 0.2) is 76.3 Å². The second-order valence-corrected chi connectivity index (χ2v) is 9.24. The van der Waals surface area contributed by atoms with Crippen LogP contribution in [-0.2, 0) is 12.0 Å². The Kier molecular flexibility index (Phi) is 7.70. The summed E-state index contributed by atoms with van der Waals surface area (Å²) in [5, 5.41) is 4.13. The molecule has 3 aromatic carbocycles. The van der Waals surface area contributed by atoms with Gasteiger partial charge in [0.05, 0.1) is 13.3 Å². The van der Waals surface area contributed by atoms with Crippen LogP contribution in [0.3, 0.4) is 0 Å². The molecule has 0 saturated carbocycles. The first kappa shape index (κ1) is 23.5. The van der Waals surface area contributed by atoms with Crippen molar-refractivity contribution in [3.05, 3.63) is 93.5 Å². The van der Waals surface area contributed by atoms with Gasteiger partial charge in [0.15, 0.2) is 11.5 Å². The summed E-state index contributed by atoms with van der Waals surface area (Å²) in [6.45, 7) is 6.78. The van der Waals surface area contributed by atoms with Crippen LogP contribution >= 0.6 is 15.9 Å². The molecular formula is C26H27BrN2O3. The average molecular weight is 495 g/mol. The minimum atomic E-state index is -0.276. The highest BCUT2D eigenvalue weighted by atomic mass is 79.9. The van der Waals surface area contributed by atoms with Crippen molar-refractivity contribution in [3.8, 4) is 11.5 Å². The minimum absolute atomic E-state index is 0.0339. The number of rotatable bonds is 7. The molecule has 32 heavy (non-hydrogen) atoms. The standard InChI is InChI=1S/C26H27BrN2O3/c1-26(2,3)21-12-10-19(11-13-21)25(30)29-28-16-20-6-5-7-23(31-4)24(20)32-17-18-8-14-22(27)15-9-18/h5-16H,17H2,1-4H3,(H,29,30). The number of halogens is 1. The average Bonchev–Trinajstić information content (AvgIpc) is 2.78. The molecule has 0 atom stereocenters. The van der Waals surface area contributed by atoms with Gasteiger partial charge >= 0.3 is 0 Å². The van der Waals surface area contributed by atoms with Crippen molar-refractivity contribution in [2.75, 3.05) is 7.11 Å². The Morgan fingerprint density at radius 2 is 1.72 bits per heavy atom. The molecule has 0 fully saturated rings. The van der Waals surface area contributed by atoms with Crippen LogP contribution in [0.25, 0.3) is 0 Å². The summed E-state index contributed by atoms with van der Waals surface area (Å²) in [5.74, 6) is 0.877. The lowest BCUT2D eigenvalue weighted by Crippen LogP contribution is -2.18. The monoisotopic (exact) mass is 494 g/mol. The Morgan fingerprint density at radius 1 is 1.03 bits per heavy atom. The van der Waals surface area contributed by atoms with Gasteiger partial charge < -0.3 is 9.47 Å². The van der Waals surface area contributed by atoms with Crippen molar-refractivity contribution in [1.29, 1.82) is 0 Å². The summed E-state index contributed by atoms with van der Waals surface area (Å²) < 4.78 is 12.5. The Balaban J connectivity index is 1.70. The lowest BCUT2D eigenvalue weighted by Gasteiger charge is -2.18. The quantitative estimate of drug-likeness (QED) is 0.318. The topological polar surface area (TPSA) is 59.9 Å². The first-order valence-corrected chi connectivity index (χ1v) is 11.1. The zero-order chi connectivity index (χ0) is 23.1. The van der Waals surface area contributed by atoms with E-state index < -0.39 is 0 Å². The molecule has 6 heteroatoms. The number of hydrogen-bond donors (Lipinski definition) is 1. The number of para-hydroxylation sites is 1. The van der Waals surface area contributed by atoms with Gasteiger partial charge in [0.25, 0.3) is 5.91 Å². The lowest BCUT2D eigenvalue weighted by atomic mass is 9.87. The first-order chi connectivity index (χ1) is 15.3. The predicted octanol–water partition coefficient (Wildman–Crippen LogP) is 6.10. The van der Waals surface area contributed by atoms with E-state index >= 15 is 0 Å². The van der Waals surface area contributed by atoms with Crippen molar-refractivity contribution in [2.24, 2.45) is 5.10 Å². The minimum Gasteiger partial charge on any atom is -0.493 e. The third-order valence-corrected chi connectivity index (χ3v) is 5.44. The second-order valence-electron chi connectivity index (χ2n) is 8.32. The lowest BCUT2D eigenvalue weighted by molar-refractivity contribution is 0.0955. The van der Waals surface area contributed by atoms with Crippen LogP contribution < -0.4 is 14.9 Å².